The van der Waals surface area contributed by atoms with Crippen LogP contribution in [0.4, 0.5) is 0 Å². The summed E-state index contributed by atoms with van der Waals surface area (Å²) in [7, 11) is 0. The van der Waals surface area contributed by atoms with Crippen molar-refractivity contribution in [3.63, 3.8) is 0 Å². The Kier molecular flexibility index (Phi) is 3.22. The molecule has 0 nitrogen and oxygen atoms in total. The fourth-order valence-corrected chi connectivity index (χ4v) is 1.38. The first kappa shape index (κ1) is 8.08. The lowest BCUT2D eigenvalue weighted by Crippen LogP contribution is -1.75. The van der Waals surface area contributed by atoms with Crippen molar-refractivity contribution in [1.29, 1.82) is 0 Å². The van der Waals surface area contributed by atoms with Crippen LogP contribution in [0.15, 0.2) is 29.8 Å². The highest BCUT2D eigenvalue weighted by Crippen LogP contribution is 2.12. The van der Waals surface area contributed by atoms with Crippen molar-refractivity contribution in [2.75, 3.05) is 0 Å². The fourth-order valence-electron chi connectivity index (χ4n) is 0.678. The molecule has 0 aromatic heterocycles. The highest BCUT2D eigenvalue weighted by atomic mass is 127. The lowest BCUT2D eigenvalue weighted by atomic mass is 10.2. The van der Waals surface area contributed by atoms with Crippen molar-refractivity contribution in [1.82, 2.24) is 0 Å². The highest BCUT2D eigenvalue weighted by Gasteiger charge is 1.90. The molecule has 0 aliphatic heterocycles. The third-order valence-corrected chi connectivity index (χ3v) is 2.26. The monoisotopic (exact) mass is 264 g/mol. The predicted molar refractivity (Wildman–Crippen MR) is 54.0 cm³/mol. The van der Waals surface area contributed by atoms with Gasteiger partial charge in [-0.2, -0.15) is 0 Å². The van der Waals surface area contributed by atoms with E-state index < -0.39 is 0 Å². The summed E-state index contributed by atoms with van der Waals surface area (Å²) in [6.45, 7) is 0. The molecule has 0 bridgehead atoms. The molecule has 0 atom stereocenters. The molecule has 0 radical (unpaired) electrons. The average molecular weight is 264 g/mol. The molecule has 52 valence electrons. The summed E-state index contributed by atoms with van der Waals surface area (Å²) in [5.74, 6) is 0. The summed E-state index contributed by atoms with van der Waals surface area (Å²) in [6.07, 6.45) is 1.88. The van der Waals surface area contributed by atoms with Gasteiger partial charge in [0.05, 0.1) is 0 Å². The molecule has 1 rings (SSSR count). The minimum absolute atomic E-state index is 1.16. The van der Waals surface area contributed by atoms with Gasteiger partial charge in [-0.05, 0) is 40.3 Å². The standard InChI is InChI=1S/C8H6ClI/c9-6-5-7-3-1-2-4-8(7)10/h1-6H. The van der Waals surface area contributed by atoms with Crippen molar-refractivity contribution in [2.45, 2.75) is 0 Å². The molecule has 0 saturated heterocycles. The summed E-state index contributed by atoms with van der Waals surface area (Å²) in [6, 6.07) is 8.08. The first-order valence-corrected chi connectivity index (χ1v) is 4.37. The van der Waals surface area contributed by atoms with Crippen LogP contribution in [0.2, 0.25) is 0 Å². The van der Waals surface area contributed by atoms with E-state index in [0.29, 0.717) is 0 Å². The summed E-state index contributed by atoms with van der Waals surface area (Å²) < 4.78 is 1.22. The van der Waals surface area contributed by atoms with Gasteiger partial charge in [0, 0.05) is 9.11 Å². The van der Waals surface area contributed by atoms with Gasteiger partial charge >= 0.3 is 0 Å². The van der Waals surface area contributed by atoms with Crippen molar-refractivity contribution in [2.24, 2.45) is 0 Å². The zero-order chi connectivity index (χ0) is 7.40. The molecule has 0 heterocycles. The van der Waals surface area contributed by atoms with E-state index in [4.69, 9.17) is 11.6 Å². The maximum absolute atomic E-state index is 5.42. The number of halogens is 2. The quantitative estimate of drug-likeness (QED) is 0.681. The van der Waals surface area contributed by atoms with Gasteiger partial charge in [0.2, 0.25) is 0 Å². The fraction of sp³-hybridized carbons (Fsp3) is 0. The minimum Gasteiger partial charge on any atom is -0.0929 e. The number of rotatable bonds is 1. The van der Waals surface area contributed by atoms with Crippen molar-refractivity contribution in [3.8, 4) is 0 Å². The Hall–Kier alpha value is -0.0200. The minimum atomic E-state index is 1.16. The van der Waals surface area contributed by atoms with Crippen molar-refractivity contribution >= 4 is 40.3 Å². The van der Waals surface area contributed by atoms with Crippen molar-refractivity contribution < 1.29 is 0 Å². The molecule has 0 saturated carbocycles. The van der Waals surface area contributed by atoms with E-state index in [1.165, 1.54) is 9.11 Å². The summed E-state index contributed by atoms with van der Waals surface area (Å²) >= 11 is 7.70. The SMILES string of the molecule is ClC=Cc1ccccc1I. The van der Waals surface area contributed by atoms with Crippen LogP contribution in [0.3, 0.4) is 0 Å². The van der Waals surface area contributed by atoms with Gasteiger partial charge in [0.25, 0.3) is 0 Å². The van der Waals surface area contributed by atoms with E-state index in [9.17, 15) is 0 Å². The van der Waals surface area contributed by atoms with Crippen LogP contribution in [0.5, 0.6) is 0 Å². The lowest BCUT2D eigenvalue weighted by Gasteiger charge is -1.94. The topological polar surface area (TPSA) is 0 Å². The molecule has 0 aliphatic rings. The summed E-state index contributed by atoms with van der Waals surface area (Å²) in [5.41, 5.74) is 2.69. The number of hydrogen-bond acceptors (Lipinski definition) is 0. The van der Waals surface area contributed by atoms with Crippen molar-refractivity contribution in [3.05, 3.63) is 38.9 Å². The molecule has 0 N–H and O–H groups in total. The summed E-state index contributed by atoms with van der Waals surface area (Å²) in [4.78, 5) is 0. The van der Waals surface area contributed by atoms with Crippen LogP contribution in [-0.4, -0.2) is 0 Å². The highest BCUT2D eigenvalue weighted by molar-refractivity contribution is 14.1. The Morgan fingerprint density at radius 1 is 1.30 bits per heavy atom. The zero-order valence-electron chi connectivity index (χ0n) is 5.22. The second-order valence-electron chi connectivity index (χ2n) is 1.81. The first-order chi connectivity index (χ1) is 4.84. The number of hydrogen-bond donors (Lipinski definition) is 0. The Morgan fingerprint density at radius 2 is 2.00 bits per heavy atom. The largest absolute Gasteiger partial charge is 0.0929 e. The van der Waals surface area contributed by atoms with Gasteiger partial charge in [-0.25, -0.2) is 0 Å². The van der Waals surface area contributed by atoms with Crippen LogP contribution in [0.25, 0.3) is 6.08 Å². The van der Waals surface area contributed by atoms with Gasteiger partial charge in [-0.15, -0.1) is 0 Å². The molecule has 0 unspecified atom stereocenters. The smallest absolute Gasteiger partial charge is 0.0203 e. The normalized spacial score (nSPS) is 10.6. The first-order valence-electron chi connectivity index (χ1n) is 2.86. The molecular weight excluding hydrogens is 258 g/mol. The number of benzene rings is 1. The van der Waals surface area contributed by atoms with Crippen LogP contribution < -0.4 is 0 Å². The molecule has 10 heavy (non-hydrogen) atoms. The zero-order valence-corrected chi connectivity index (χ0v) is 8.13. The molecule has 0 amide bonds. The van der Waals surface area contributed by atoms with Crippen LogP contribution in [0.1, 0.15) is 5.56 Å². The summed E-state index contributed by atoms with van der Waals surface area (Å²) in [5, 5.41) is 0. The molecule has 1 aromatic carbocycles. The molecule has 1 aromatic rings. The molecule has 0 aliphatic carbocycles. The Balaban J connectivity index is 3.03. The van der Waals surface area contributed by atoms with Gasteiger partial charge in [0.15, 0.2) is 0 Å². The van der Waals surface area contributed by atoms with E-state index >= 15 is 0 Å². The average Bonchev–Trinajstić information content (AvgIpc) is 1.94. The third-order valence-electron chi connectivity index (χ3n) is 1.15. The molecule has 2 heteroatoms. The van der Waals surface area contributed by atoms with Gasteiger partial charge in [-0.1, -0.05) is 29.8 Å². The van der Waals surface area contributed by atoms with E-state index in [2.05, 4.69) is 22.6 Å². The third kappa shape index (κ3) is 1.99. The molecule has 0 fully saturated rings. The van der Waals surface area contributed by atoms with Crippen LogP contribution in [0, 0.1) is 3.57 Å². The molecule has 0 spiro atoms. The van der Waals surface area contributed by atoms with Crippen LogP contribution >= 0.6 is 34.2 Å². The second kappa shape index (κ2) is 3.98. The maximum Gasteiger partial charge on any atom is 0.0203 e. The molecular formula is C8H6ClI. The van der Waals surface area contributed by atoms with E-state index in [-0.39, 0.29) is 0 Å². The maximum atomic E-state index is 5.42. The van der Waals surface area contributed by atoms with Gasteiger partial charge < -0.3 is 0 Å². The Morgan fingerprint density at radius 3 is 2.60 bits per heavy atom. The van der Waals surface area contributed by atoms with E-state index in [0.717, 1.165) is 5.56 Å². The van der Waals surface area contributed by atoms with E-state index in [1.807, 2.05) is 30.3 Å². The predicted octanol–water partition coefficient (Wildman–Crippen LogP) is 3.50. The second-order valence-corrected chi connectivity index (χ2v) is 3.23. The Labute approximate surface area is 79.0 Å². The van der Waals surface area contributed by atoms with Gasteiger partial charge in [-0.3, -0.25) is 0 Å². The van der Waals surface area contributed by atoms with E-state index in [1.54, 1.807) is 0 Å². The Bertz CT molecular complexity index is 243. The van der Waals surface area contributed by atoms with Crippen LogP contribution in [-0.2, 0) is 0 Å². The van der Waals surface area contributed by atoms with Gasteiger partial charge in [0.1, 0.15) is 0 Å². The lowest BCUT2D eigenvalue weighted by molar-refractivity contribution is 1.60.